The molecule has 1 aromatic heterocycles. The molecule has 0 unspecified atom stereocenters. The summed E-state index contributed by atoms with van der Waals surface area (Å²) in [5.74, 6) is 5.93. The van der Waals surface area contributed by atoms with Gasteiger partial charge in [-0.1, -0.05) is 17.5 Å². The van der Waals surface area contributed by atoms with Crippen molar-refractivity contribution in [3.8, 4) is 23.5 Å². The van der Waals surface area contributed by atoms with Crippen LogP contribution >= 0.6 is 11.6 Å². The minimum atomic E-state index is -0.559. The molecule has 1 amide bonds. The highest BCUT2D eigenvalue weighted by atomic mass is 35.5. The van der Waals surface area contributed by atoms with Crippen LogP contribution < -0.4 is 21.5 Å². The van der Waals surface area contributed by atoms with Crippen molar-refractivity contribution < 1.29 is 14.3 Å². The molecule has 0 saturated heterocycles. The van der Waals surface area contributed by atoms with E-state index in [0.717, 1.165) is 0 Å². The molecule has 0 atom stereocenters. The van der Waals surface area contributed by atoms with E-state index >= 15 is 0 Å². The summed E-state index contributed by atoms with van der Waals surface area (Å²) in [5, 5.41) is 3.01. The van der Waals surface area contributed by atoms with Gasteiger partial charge in [0, 0.05) is 11.6 Å². The van der Waals surface area contributed by atoms with E-state index in [-0.39, 0.29) is 23.9 Å². The van der Waals surface area contributed by atoms with Crippen LogP contribution in [0.5, 0.6) is 11.6 Å². The monoisotopic (exact) mass is 389 g/mol. The number of halogens is 1. The van der Waals surface area contributed by atoms with Crippen molar-refractivity contribution in [1.29, 1.82) is 0 Å². The molecular weight excluding hydrogens is 370 g/mol. The van der Waals surface area contributed by atoms with E-state index < -0.39 is 11.6 Å². The van der Waals surface area contributed by atoms with Gasteiger partial charge in [0.15, 0.2) is 6.61 Å². The lowest BCUT2D eigenvalue weighted by molar-refractivity contribution is 0.151. The van der Waals surface area contributed by atoms with E-state index in [2.05, 4.69) is 27.1 Å². The minimum absolute atomic E-state index is 0.116. The van der Waals surface area contributed by atoms with Gasteiger partial charge in [-0.2, -0.15) is 4.98 Å². The van der Waals surface area contributed by atoms with Crippen LogP contribution in [0.1, 0.15) is 26.5 Å². The van der Waals surface area contributed by atoms with Gasteiger partial charge < -0.3 is 26.3 Å². The highest BCUT2D eigenvalue weighted by molar-refractivity contribution is 6.33. The van der Waals surface area contributed by atoms with Gasteiger partial charge in [-0.3, -0.25) is 0 Å². The largest absolute Gasteiger partial charge is 0.437 e. The summed E-state index contributed by atoms with van der Waals surface area (Å²) in [7, 11) is 0. The number of anilines is 2. The van der Waals surface area contributed by atoms with Crippen molar-refractivity contribution in [2.75, 3.05) is 18.1 Å². The smallest absolute Gasteiger partial charge is 0.408 e. The van der Waals surface area contributed by atoms with Gasteiger partial charge in [-0.15, -0.1) is 0 Å². The number of carbonyl (C=O) groups excluding carboxylic acids is 1. The molecule has 9 heteroatoms. The third kappa shape index (κ3) is 6.24. The molecule has 8 nitrogen and oxygen atoms in total. The van der Waals surface area contributed by atoms with E-state index in [0.29, 0.717) is 16.5 Å². The fourth-order valence-electron chi connectivity index (χ4n) is 1.81. The van der Waals surface area contributed by atoms with Crippen LogP contribution in [-0.4, -0.2) is 28.2 Å². The molecule has 1 aromatic carbocycles. The van der Waals surface area contributed by atoms with Gasteiger partial charge in [-0.05, 0) is 38.8 Å². The number of nitrogens with one attached hydrogen (secondary N) is 1. The number of aromatic nitrogens is 2. The number of nitrogens with zero attached hydrogens (tertiary/aromatic N) is 2. The second kappa shape index (κ2) is 8.47. The van der Waals surface area contributed by atoms with Gasteiger partial charge in [-0.25, -0.2) is 9.78 Å². The average Bonchev–Trinajstić information content (AvgIpc) is 2.56. The maximum Gasteiger partial charge on any atom is 0.408 e. The number of ether oxygens (including phenoxy) is 2. The molecule has 142 valence electrons. The fraction of sp³-hybridized carbons (Fsp3) is 0.278. The van der Waals surface area contributed by atoms with E-state index in [9.17, 15) is 4.79 Å². The zero-order valence-corrected chi connectivity index (χ0v) is 15.9. The molecule has 0 bridgehead atoms. The van der Waals surface area contributed by atoms with Gasteiger partial charge in [0.05, 0.1) is 10.7 Å². The first-order valence-electron chi connectivity index (χ1n) is 7.93. The lowest BCUT2D eigenvalue weighted by Crippen LogP contribution is -2.40. The third-order valence-corrected chi connectivity index (χ3v) is 3.32. The Bertz CT molecular complexity index is 900. The summed E-state index contributed by atoms with van der Waals surface area (Å²) in [6, 6.07) is 4.79. The van der Waals surface area contributed by atoms with E-state index in [1.807, 2.05) is 20.8 Å². The van der Waals surface area contributed by atoms with E-state index in [4.69, 9.17) is 32.5 Å². The number of hydrogen-bond donors (Lipinski definition) is 3. The number of hydrogen-bond acceptors (Lipinski definition) is 7. The highest BCUT2D eigenvalue weighted by Gasteiger charge is 2.14. The summed E-state index contributed by atoms with van der Waals surface area (Å²) in [4.78, 5) is 19.5. The molecule has 0 saturated carbocycles. The lowest BCUT2D eigenvalue weighted by Gasteiger charge is -2.19. The fourth-order valence-corrected chi connectivity index (χ4v) is 1.98. The number of rotatable bonds is 3. The summed E-state index contributed by atoms with van der Waals surface area (Å²) in [6.07, 6.45) is 0.707. The molecule has 0 radical (unpaired) electrons. The van der Waals surface area contributed by atoms with Crippen molar-refractivity contribution in [1.82, 2.24) is 15.3 Å². The Morgan fingerprint density at radius 1 is 1.30 bits per heavy atom. The van der Waals surface area contributed by atoms with Crippen LogP contribution in [-0.2, 0) is 4.74 Å². The van der Waals surface area contributed by atoms with Gasteiger partial charge >= 0.3 is 6.09 Å². The molecule has 1 heterocycles. The number of nitrogen functional groups attached to an aromatic ring is 2. The first-order chi connectivity index (χ1) is 12.7. The first kappa shape index (κ1) is 20.1. The standard InChI is InChI=1S/C18H20ClN5O3/c1-18(2,3)24-17(25)26-8-4-5-14-15(21)16(23-10-22-14)27-11-6-7-13(20)12(19)9-11/h6-7,9-10H,8,20-21H2,1-3H3,(H,24,25). The minimum Gasteiger partial charge on any atom is -0.437 e. The normalized spacial score (nSPS) is 10.5. The van der Waals surface area contributed by atoms with Crippen molar-refractivity contribution >= 4 is 29.1 Å². The molecular formula is C18H20ClN5O3. The molecule has 0 spiro atoms. The van der Waals surface area contributed by atoms with Crippen LogP contribution in [0.15, 0.2) is 24.5 Å². The predicted molar refractivity (Wildman–Crippen MR) is 103 cm³/mol. The van der Waals surface area contributed by atoms with Crippen molar-refractivity contribution in [2.24, 2.45) is 0 Å². The Balaban J connectivity index is 2.04. The number of benzene rings is 1. The number of carbonyl (C=O) groups is 1. The Morgan fingerprint density at radius 3 is 2.70 bits per heavy atom. The van der Waals surface area contributed by atoms with E-state index in [1.165, 1.54) is 6.33 Å². The predicted octanol–water partition coefficient (Wildman–Crippen LogP) is 2.96. The second-order valence-electron chi connectivity index (χ2n) is 6.48. The highest BCUT2D eigenvalue weighted by Crippen LogP contribution is 2.30. The van der Waals surface area contributed by atoms with Crippen LogP contribution in [0.2, 0.25) is 5.02 Å². The quantitative estimate of drug-likeness (QED) is 0.544. The Kier molecular flexibility index (Phi) is 6.32. The van der Waals surface area contributed by atoms with Crippen LogP contribution in [0.4, 0.5) is 16.2 Å². The number of amides is 1. The number of alkyl carbamates (subject to hydrolysis) is 1. The molecule has 0 aliphatic carbocycles. The number of nitrogens with two attached hydrogens (primary N) is 2. The molecule has 0 aliphatic heterocycles. The van der Waals surface area contributed by atoms with Crippen molar-refractivity contribution in [3.05, 3.63) is 35.2 Å². The SMILES string of the molecule is CC(C)(C)NC(=O)OCC#Cc1ncnc(Oc2ccc(N)c(Cl)c2)c1N. The van der Waals surface area contributed by atoms with Crippen molar-refractivity contribution in [3.63, 3.8) is 0 Å². The zero-order valence-electron chi connectivity index (χ0n) is 15.2. The van der Waals surface area contributed by atoms with Gasteiger partial charge in [0.2, 0.25) is 5.88 Å². The summed E-state index contributed by atoms with van der Waals surface area (Å²) < 4.78 is 10.6. The molecule has 0 fully saturated rings. The average molecular weight is 390 g/mol. The van der Waals surface area contributed by atoms with E-state index in [1.54, 1.807) is 18.2 Å². The second-order valence-corrected chi connectivity index (χ2v) is 6.89. The van der Waals surface area contributed by atoms with Crippen LogP contribution in [0.25, 0.3) is 0 Å². The summed E-state index contributed by atoms with van der Waals surface area (Å²) >= 11 is 5.96. The topological polar surface area (TPSA) is 125 Å². The molecule has 2 aromatic rings. The lowest BCUT2D eigenvalue weighted by atomic mass is 10.1. The maximum absolute atomic E-state index is 11.6. The third-order valence-electron chi connectivity index (χ3n) is 2.99. The summed E-state index contributed by atoms with van der Waals surface area (Å²) in [5.41, 5.74) is 12.1. The van der Waals surface area contributed by atoms with Crippen LogP contribution in [0.3, 0.4) is 0 Å². The molecule has 5 N–H and O–H groups in total. The van der Waals surface area contributed by atoms with Crippen molar-refractivity contribution in [2.45, 2.75) is 26.3 Å². The van der Waals surface area contributed by atoms with Crippen LogP contribution in [0, 0.1) is 11.8 Å². The molecule has 0 aliphatic rings. The molecule has 2 rings (SSSR count). The Labute approximate surface area is 162 Å². The Hall–Kier alpha value is -3.18. The molecule has 27 heavy (non-hydrogen) atoms. The maximum atomic E-state index is 11.6. The first-order valence-corrected chi connectivity index (χ1v) is 8.30. The summed E-state index contributed by atoms with van der Waals surface area (Å²) in [6.45, 7) is 5.42. The van der Waals surface area contributed by atoms with Gasteiger partial charge in [0.25, 0.3) is 0 Å². The van der Waals surface area contributed by atoms with Gasteiger partial charge in [0.1, 0.15) is 23.5 Å². The Morgan fingerprint density at radius 2 is 2.04 bits per heavy atom. The zero-order chi connectivity index (χ0) is 20.0.